The van der Waals surface area contributed by atoms with Gasteiger partial charge in [0.1, 0.15) is 24.5 Å². The normalized spacial score (nSPS) is 17.0. The van der Waals surface area contributed by atoms with Gasteiger partial charge in [0.15, 0.2) is 16.6 Å². The van der Waals surface area contributed by atoms with E-state index in [1.54, 1.807) is 18.3 Å². The van der Waals surface area contributed by atoms with Crippen LogP contribution in [0.25, 0.3) is 5.76 Å². The number of aliphatic hydroxyl groups excluding tert-OH is 6. The van der Waals surface area contributed by atoms with Crippen molar-refractivity contribution in [1.82, 2.24) is 14.6 Å². The van der Waals surface area contributed by atoms with Crippen LogP contribution in [0.1, 0.15) is 10.4 Å². The number of carbonyl (C=O) groups is 1. The number of likely N-dealkylation sites (N-methyl/N-ethyl adjacent to an activating group) is 2. The van der Waals surface area contributed by atoms with Crippen molar-refractivity contribution in [2.75, 3.05) is 26.0 Å². The molecule has 17 heteroatoms. The molecule has 0 aliphatic carbocycles. The third-order valence-electron chi connectivity index (χ3n) is 4.93. The van der Waals surface area contributed by atoms with Crippen molar-refractivity contribution in [2.24, 2.45) is 0 Å². The molecule has 0 unspecified atom stereocenters. The maximum atomic E-state index is 12.5. The Morgan fingerprint density at radius 1 is 1.14 bits per heavy atom. The van der Waals surface area contributed by atoms with E-state index in [9.17, 15) is 18.3 Å². The van der Waals surface area contributed by atoms with Gasteiger partial charge >= 0.3 is 0 Å². The highest BCUT2D eigenvalue weighted by Gasteiger charge is 2.37. The van der Waals surface area contributed by atoms with Gasteiger partial charge in [-0.3, -0.25) is 19.7 Å². The van der Waals surface area contributed by atoms with Crippen molar-refractivity contribution in [3.05, 3.63) is 46.6 Å². The minimum Gasteiger partial charge on any atom is -0.505 e. The van der Waals surface area contributed by atoms with Gasteiger partial charge in [0, 0.05) is 23.7 Å². The number of sulfonamides is 1. The smallest absolute Gasteiger partial charge is 0.278 e. The van der Waals surface area contributed by atoms with E-state index in [2.05, 4.69) is 15.6 Å². The van der Waals surface area contributed by atoms with E-state index in [-0.39, 0.29) is 32.9 Å². The van der Waals surface area contributed by atoms with Gasteiger partial charge in [-0.05, 0) is 26.1 Å². The van der Waals surface area contributed by atoms with Gasteiger partial charge in [0.2, 0.25) is 0 Å². The lowest BCUT2D eigenvalue weighted by molar-refractivity contribution is -0.120. The predicted octanol–water partition coefficient (Wildman–Crippen LogP) is -3.10. The lowest BCUT2D eigenvalue weighted by atomic mass is 10.1. The van der Waals surface area contributed by atoms with E-state index in [1.165, 1.54) is 37.6 Å². The minimum atomic E-state index is -3.90. The van der Waals surface area contributed by atoms with Gasteiger partial charge in [0.25, 0.3) is 15.9 Å². The van der Waals surface area contributed by atoms with Crippen LogP contribution in [0.4, 0.5) is 5.13 Å². The molecule has 0 saturated carbocycles. The van der Waals surface area contributed by atoms with Crippen LogP contribution < -0.4 is 10.6 Å². The molecule has 12 N–H and O–H groups in total. The number of amides is 1. The molecular formula is C20H32N4O11S2. The summed E-state index contributed by atoms with van der Waals surface area (Å²) in [7, 11) is -1.29. The van der Waals surface area contributed by atoms with Crippen molar-refractivity contribution in [1.29, 1.82) is 0 Å². The molecule has 1 aromatic carbocycles. The van der Waals surface area contributed by atoms with E-state index < -0.39 is 47.1 Å². The Morgan fingerprint density at radius 2 is 1.73 bits per heavy atom. The van der Waals surface area contributed by atoms with Crippen LogP contribution >= 0.6 is 11.3 Å². The van der Waals surface area contributed by atoms with E-state index in [1.807, 2.05) is 6.92 Å². The average Bonchev–Trinajstić information content (AvgIpc) is 3.25. The summed E-state index contributed by atoms with van der Waals surface area (Å²) in [6, 6.07) is 5.99. The quantitative estimate of drug-likeness (QED) is 0.155. The van der Waals surface area contributed by atoms with Gasteiger partial charge in [-0.15, -0.1) is 11.3 Å². The Bertz CT molecular complexity index is 1160. The second kappa shape index (κ2) is 14.3. The number of aryl methyl sites for hydroxylation is 1. The number of aliphatic hydroxyl groups is 6. The maximum absolute atomic E-state index is 12.5. The molecule has 2 heterocycles. The Morgan fingerprint density at radius 3 is 2.24 bits per heavy atom. The zero-order chi connectivity index (χ0) is 26.5. The number of carbonyl (C=O) groups excluding carboxylic acids is 1. The van der Waals surface area contributed by atoms with Crippen LogP contribution in [-0.4, -0.2) is 110 Å². The Balaban J connectivity index is 0.000000801. The zero-order valence-electron chi connectivity index (χ0n) is 20.0. The second-order valence-electron chi connectivity index (χ2n) is 7.36. The topological polar surface area (TPSA) is 276 Å². The van der Waals surface area contributed by atoms with Crippen LogP contribution in [-0.2, 0) is 14.8 Å². The Hall–Kier alpha value is -2.71. The third-order valence-corrected chi connectivity index (χ3v) is 7.57. The van der Waals surface area contributed by atoms with Crippen molar-refractivity contribution < 1.29 is 54.8 Å². The summed E-state index contributed by atoms with van der Waals surface area (Å²) >= 11 is 1.25. The van der Waals surface area contributed by atoms with Crippen LogP contribution in [0.2, 0.25) is 0 Å². The predicted molar refractivity (Wildman–Crippen MR) is 134 cm³/mol. The van der Waals surface area contributed by atoms with Crippen LogP contribution in [0.5, 0.6) is 0 Å². The lowest BCUT2D eigenvalue weighted by Crippen LogP contribution is -2.50. The van der Waals surface area contributed by atoms with E-state index in [0.717, 1.165) is 9.18 Å². The van der Waals surface area contributed by atoms with Crippen molar-refractivity contribution in [2.45, 2.75) is 36.4 Å². The van der Waals surface area contributed by atoms with Crippen molar-refractivity contribution in [3.8, 4) is 0 Å². The molecule has 1 amide bonds. The summed E-state index contributed by atoms with van der Waals surface area (Å²) in [6.07, 6.45) is -4.30. The zero-order valence-corrected chi connectivity index (χ0v) is 21.7. The fourth-order valence-corrected chi connectivity index (χ4v) is 5.00. The first-order valence-electron chi connectivity index (χ1n) is 10.1. The average molecular weight is 569 g/mol. The molecule has 0 spiro atoms. The molecule has 0 bridgehead atoms. The summed E-state index contributed by atoms with van der Waals surface area (Å²) in [6.45, 7) is 1.16. The molecule has 1 aromatic heterocycles. The number of hydrogen-bond acceptors (Lipinski definition) is 12. The molecule has 1 aliphatic heterocycles. The van der Waals surface area contributed by atoms with E-state index >= 15 is 0 Å². The number of hydrogen-bond donors (Lipinski definition) is 8. The number of fused-ring (bicyclic) bond motifs is 1. The first-order valence-corrected chi connectivity index (χ1v) is 12.4. The number of nitrogens with one attached hydrogen (secondary N) is 2. The molecule has 1 aliphatic rings. The number of thiazole rings is 1. The Labute approximate surface area is 216 Å². The van der Waals surface area contributed by atoms with E-state index in [0.29, 0.717) is 5.13 Å². The van der Waals surface area contributed by atoms with Crippen LogP contribution in [0.15, 0.2) is 41.1 Å². The van der Waals surface area contributed by atoms with Crippen molar-refractivity contribution >= 4 is 38.2 Å². The molecular weight excluding hydrogens is 536 g/mol. The van der Waals surface area contributed by atoms with Gasteiger partial charge in [-0.2, -0.15) is 0 Å². The molecule has 0 saturated heterocycles. The summed E-state index contributed by atoms with van der Waals surface area (Å²) in [5, 5.41) is 59.7. The molecule has 210 valence electrons. The van der Waals surface area contributed by atoms with Gasteiger partial charge in [-0.25, -0.2) is 13.4 Å². The molecule has 4 atom stereocenters. The van der Waals surface area contributed by atoms with Gasteiger partial charge in [-0.1, -0.05) is 12.1 Å². The third kappa shape index (κ3) is 7.65. The molecule has 37 heavy (non-hydrogen) atoms. The Kier molecular flexibility index (Phi) is 13.2. The number of aromatic nitrogens is 1. The number of rotatable bonds is 7. The van der Waals surface area contributed by atoms with E-state index in [4.69, 9.17) is 25.5 Å². The van der Waals surface area contributed by atoms with Crippen LogP contribution in [0, 0.1) is 6.92 Å². The highest BCUT2D eigenvalue weighted by atomic mass is 32.2. The molecule has 0 fully saturated rings. The standard InChI is InChI=1S/C14H13N3O4S2.C6H15NO5.2H2O/c1-8-7-15-14(22-8)16-13(19)11-12(18)9-5-3-4-6-10(9)23(20,21)17(11)2;1-7-6(12)5(11)4(10)3(9)2-8;;/h3-7,18H,1-2H3,(H,15,16,19);3-12H,2H2,1H3;2*1H2/t;3-,4-,5+,6-;;/m.1../s1. The minimum absolute atomic E-state index is 0. The maximum Gasteiger partial charge on any atom is 0.278 e. The van der Waals surface area contributed by atoms with Gasteiger partial charge < -0.3 is 41.6 Å². The first-order chi connectivity index (χ1) is 16.4. The fraction of sp³-hybridized carbons (Fsp3) is 0.400. The number of benzene rings is 1. The summed E-state index contributed by atoms with van der Waals surface area (Å²) in [5.74, 6) is -1.12. The van der Waals surface area contributed by atoms with Gasteiger partial charge in [0.05, 0.1) is 11.5 Å². The molecule has 15 nitrogen and oxygen atoms in total. The first kappa shape index (κ1) is 34.3. The summed E-state index contributed by atoms with van der Waals surface area (Å²) in [4.78, 5) is 17.3. The van der Waals surface area contributed by atoms with Crippen LogP contribution in [0.3, 0.4) is 0 Å². The highest BCUT2D eigenvalue weighted by Crippen LogP contribution is 2.34. The molecule has 0 radical (unpaired) electrons. The summed E-state index contributed by atoms with van der Waals surface area (Å²) in [5.41, 5.74) is -0.234. The largest absolute Gasteiger partial charge is 0.505 e. The lowest BCUT2D eigenvalue weighted by Gasteiger charge is -2.28. The number of anilines is 1. The SMILES string of the molecule is CN[C@H](O)[C@@H](O)[C@H](O)[C@H](O)CO.Cc1cnc(NC(=O)C2=C(O)c3ccccc3S(=O)(=O)N2C)s1.O.O. The molecule has 2 aromatic rings. The molecule has 3 rings (SSSR count). The summed E-state index contributed by atoms with van der Waals surface area (Å²) < 4.78 is 25.8. The van der Waals surface area contributed by atoms with Crippen molar-refractivity contribution in [3.63, 3.8) is 0 Å². The second-order valence-corrected chi connectivity index (χ2v) is 10.5. The number of nitrogens with zero attached hydrogens (tertiary/aromatic N) is 2. The highest BCUT2D eigenvalue weighted by molar-refractivity contribution is 7.89. The monoisotopic (exact) mass is 568 g/mol. The fourth-order valence-electron chi connectivity index (χ4n) is 2.94.